The van der Waals surface area contributed by atoms with Gasteiger partial charge in [0.1, 0.15) is 6.04 Å². The third kappa shape index (κ3) is 4.49. The molecule has 0 aliphatic heterocycles. The van der Waals surface area contributed by atoms with Crippen molar-refractivity contribution in [2.24, 2.45) is 0 Å². The Morgan fingerprint density at radius 3 is 2.23 bits per heavy atom. The normalized spacial score (nSPS) is 13.8. The van der Waals surface area contributed by atoms with Crippen LogP contribution in [-0.4, -0.2) is 28.1 Å². The molecule has 3 N–H and O–H groups in total. The molecule has 1 rings (SSSR count). The Hall–Kier alpha value is -2.53. The largest absolute Gasteiger partial charge is 0.480 e. The number of aliphatic carboxylic acids is 1. The Morgan fingerprint density at radius 1 is 1.27 bits per heavy atom. The minimum atomic E-state index is -4.53. The van der Waals surface area contributed by atoms with Crippen molar-refractivity contribution in [2.75, 3.05) is 0 Å². The Bertz CT molecular complexity index is 590. The van der Waals surface area contributed by atoms with E-state index in [9.17, 15) is 27.9 Å². The summed E-state index contributed by atoms with van der Waals surface area (Å²) >= 11 is 0. The number of carbonyl (C=O) groups is 2. The zero-order valence-corrected chi connectivity index (χ0v) is 11.1. The molecule has 0 heterocycles. The Kier molecular flexibility index (Phi) is 5.54. The molecule has 0 spiro atoms. The van der Waals surface area contributed by atoms with Crippen LogP contribution in [0, 0.1) is 12.3 Å². The number of amides is 1. The molecule has 0 unspecified atom stereocenters. The SMILES string of the molecule is C#CC[C@@H](NC(=O)[C@@H](O)c1ccc(C(F)(F)F)cc1)C(=O)O. The van der Waals surface area contributed by atoms with Gasteiger partial charge in [-0.15, -0.1) is 12.3 Å². The molecule has 5 nitrogen and oxygen atoms in total. The molecule has 0 aliphatic carbocycles. The number of aliphatic hydroxyl groups is 1. The molecular formula is C14H12F3NO4. The standard InChI is InChI=1S/C14H12F3NO4/c1-2-3-10(13(21)22)18-12(20)11(19)8-4-6-9(7-5-8)14(15,16)17/h1,4-7,10-11,19H,3H2,(H,18,20)(H,21,22)/t10-,11+/m1/s1. The van der Waals surface area contributed by atoms with E-state index >= 15 is 0 Å². The van der Waals surface area contributed by atoms with E-state index in [2.05, 4.69) is 5.92 Å². The lowest BCUT2D eigenvalue weighted by molar-refractivity contribution is -0.143. The van der Waals surface area contributed by atoms with Crippen molar-refractivity contribution in [1.82, 2.24) is 5.32 Å². The molecule has 0 saturated heterocycles. The number of hydrogen-bond acceptors (Lipinski definition) is 3. The summed E-state index contributed by atoms with van der Waals surface area (Å²) in [7, 11) is 0. The molecule has 0 bridgehead atoms. The highest BCUT2D eigenvalue weighted by Crippen LogP contribution is 2.29. The first-order valence-corrected chi connectivity index (χ1v) is 5.98. The molecule has 118 valence electrons. The van der Waals surface area contributed by atoms with Crippen molar-refractivity contribution >= 4 is 11.9 Å². The van der Waals surface area contributed by atoms with Crippen LogP contribution < -0.4 is 5.32 Å². The first kappa shape index (κ1) is 17.5. The van der Waals surface area contributed by atoms with Crippen molar-refractivity contribution in [1.29, 1.82) is 0 Å². The van der Waals surface area contributed by atoms with Crippen LogP contribution in [0.2, 0.25) is 0 Å². The Balaban J connectivity index is 2.83. The first-order chi connectivity index (χ1) is 10.2. The topological polar surface area (TPSA) is 86.6 Å². The lowest BCUT2D eigenvalue weighted by Gasteiger charge is -2.16. The zero-order chi connectivity index (χ0) is 16.9. The monoisotopic (exact) mass is 315 g/mol. The highest BCUT2D eigenvalue weighted by molar-refractivity contribution is 5.87. The Morgan fingerprint density at radius 2 is 1.82 bits per heavy atom. The van der Waals surface area contributed by atoms with Crippen molar-refractivity contribution in [3.8, 4) is 12.3 Å². The lowest BCUT2D eigenvalue weighted by Crippen LogP contribution is -2.42. The van der Waals surface area contributed by atoms with Crippen LogP contribution >= 0.6 is 0 Å². The molecule has 1 aromatic carbocycles. The van der Waals surface area contributed by atoms with Gasteiger partial charge in [0.05, 0.1) is 5.56 Å². The van der Waals surface area contributed by atoms with Crippen LogP contribution in [0.25, 0.3) is 0 Å². The number of benzene rings is 1. The van der Waals surface area contributed by atoms with Gasteiger partial charge in [-0.05, 0) is 17.7 Å². The number of carboxylic acids is 1. The maximum absolute atomic E-state index is 12.4. The van der Waals surface area contributed by atoms with E-state index < -0.39 is 35.8 Å². The van der Waals surface area contributed by atoms with Crippen molar-refractivity contribution in [3.63, 3.8) is 0 Å². The summed E-state index contributed by atoms with van der Waals surface area (Å²) in [4.78, 5) is 22.5. The van der Waals surface area contributed by atoms with Gasteiger partial charge >= 0.3 is 12.1 Å². The predicted molar refractivity (Wildman–Crippen MR) is 69.4 cm³/mol. The van der Waals surface area contributed by atoms with E-state index in [4.69, 9.17) is 11.5 Å². The van der Waals surface area contributed by atoms with E-state index in [0.717, 1.165) is 12.1 Å². The van der Waals surface area contributed by atoms with Gasteiger partial charge in [-0.3, -0.25) is 4.79 Å². The van der Waals surface area contributed by atoms with Crippen molar-refractivity contribution in [2.45, 2.75) is 24.7 Å². The molecule has 22 heavy (non-hydrogen) atoms. The van der Waals surface area contributed by atoms with Crippen LogP contribution in [0.3, 0.4) is 0 Å². The van der Waals surface area contributed by atoms with E-state index in [1.807, 2.05) is 5.32 Å². The van der Waals surface area contributed by atoms with E-state index in [1.54, 1.807) is 0 Å². The number of rotatable bonds is 5. The molecule has 2 atom stereocenters. The minimum Gasteiger partial charge on any atom is -0.480 e. The van der Waals surface area contributed by atoms with Gasteiger partial charge in [0.15, 0.2) is 6.10 Å². The fraction of sp³-hybridized carbons (Fsp3) is 0.286. The highest BCUT2D eigenvalue weighted by Gasteiger charge is 2.31. The van der Waals surface area contributed by atoms with Gasteiger partial charge in [-0.25, -0.2) is 4.79 Å². The number of nitrogens with one attached hydrogen (secondary N) is 1. The molecular weight excluding hydrogens is 303 g/mol. The number of hydrogen-bond donors (Lipinski definition) is 3. The summed E-state index contributed by atoms with van der Waals surface area (Å²) in [5.41, 5.74) is -1.03. The van der Waals surface area contributed by atoms with Gasteiger partial charge in [-0.1, -0.05) is 12.1 Å². The summed E-state index contributed by atoms with van der Waals surface area (Å²) < 4.78 is 37.2. The number of alkyl halides is 3. The summed E-state index contributed by atoms with van der Waals surface area (Å²) in [6.07, 6.45) is -1.68. The minimum absolute atomic E-state index is 0.102. The van der Waals surface area contributed by atoms with Crippen LogP contribution in [0.5, 0.6) is 0 Å². The second-order valence-electron chi connectivity index (χ2n) is 4.33. The first-order valence-electron chi connectivity index (χ1n) is 5.98. The van der Waals surface area contributed by atoms with Gasteiger partial charge in [0.25, 0.3) is 5.91 Å². The molecule has 0 saturated carbocycles. The maximum atomic E-state index is 12.4. The molecule has 8 heteroatoms. The average molecular weight is 315 g/mol. The third-order valence-corrected chi connectivity index (χ3v) is 2.74. The van der Waals surface area contributed by atoms with E-state index in [-0.39, 0.29) is 12.0 Å². The number of terminal acetylenes is 1. The maximum Gasteiger partial charge on any atom is 0.416 e. The molecule has 0 fully saturated rings. The van der Waals surface area contributed by atoms with Crippen LogP contribution in [-0.2, 0) is 15.8 Å². The van der Waals surface area contributed by atoms with Gasteiger partial charge in [0.2, 0.25) is 0 Å². The lowest BCUT2D eigenvalue weighted by atomic mass is 10.1. The van der Waals surface area contributed by atoms with Crippen molar-refractivity contribution < 1.29 is 33.0 Å². The predicted octanol–water partition coefficient (Wildman–Crippen LogP) is 1.33. The van der Waals surface area contributed by atoms with Crippen molar-refractivity contribution in [3.05, 3.63) is 35.4 Å². The zero-order valence-electron chi connectivity index (χ0n) is 11.1. The fourth-order valence-electron chi connectivity index (χ4n) is 1.57. The van der Waals surface area contributed by atoms with E-state index in [0.29, 0.717) is 12.1 Å². The van der Waals surface area contributed by atoms with Crippen LogP contribution in [0.15, 0.2) is 24.3 Å². The fourth-order valence-corrected chi connectivity index (χ4v) is 1.57. The number of aliphatic hydroxyl groups excluding tert-OH is 1. The van der Waals surface area contributed by atoms with Crippen LogP contribution in [0.1, 0.15) is 23.7 Å². The summed E-state index contributed by atoms with van der Waals surface area (Å²) in [6, 6.07) is 1.90. The van der Waals surface area contributed by atoms with E-state index in [1.165, 1.54) is 0 Å². The molecule has 1 amide bonds. The second kappa shape index (κ2) is 6.95. The molecule has 0 aromatic heterocycles. The molecule has 1 aromatic rings. The molecule has 0 aliphatic rings. The second-order valence-corrected chi connectivity index (χ2v) is 4.33. The number of carbonyl (C=O) groups excluding carboxylic acids is 1. The average Bonchev–Trinajstić information content (AvgIpc) is 2.45. The molecule has 0 radical (unpaired) electrons. The van der Waals surface area contributed by atoms with Gasteiger partial charge in [0, 0.05) is 6.42 Å². The quantitative estimate of drug-likeness (QED) is 0.716. The number of halogens is 3. The summed E-state index contributed by atoms with van der Waals surface area (Å²) in [6.45, 7) is 0. The smallest absolute Gasteiger partial charge is 0.416 e. The number of carboxylic acid groups (broad SMARTS) is 1. The van der Waals surface area contributed by atoms with Crippen LogP contribution in [0.4, 0.5) is 13.2 Å². The highest BCUT2D eigenvalue weighted by atomic mass is 19.4. The van der Waals surface area contributed by atoms with Gasteiger partial charge in [-0.2, -0.15) is 13.2 Å². The summed E-state index contributed by atoms with van der Waals surface area (Å²) in [5.74, 6) is -0.396. The Labute approximate surface area is 123 Å². The van der Waals surface area contributed by atoms with Gasteiger partial charge < -0.3 is 15.5 Å². The third-order valence-electron chi connectivity index (χ3n) is 2.74. The summed E-state index contributed by atoms with van der Waals surface area (Å²) in [5, 5.41) is 20.6.